The zero-order chi connectivity index (χ0) is 20.9. The Labute approximate surface area is 170 Å². The first-order valence-corrected chi connectivity index (χ1v) is 9.38. The zero-order valence-corrected chi connectivity index (χ0v) is 16.8. The number of nitrogens with zero attached hydrogens (tertiary/aromatic N) is 1. The molecule has 0 saturated carbocycles. The van der Waals surface area contributed by atoms with Crippen molar-refractivity contribution in [1.29, 1.82) is 0 Å². The number of para-hydroxylation sites is 1. The van der Waals surface area contributed by atoms with E-state index in [-0.39, 0.29) is 11.8 Å². The van der Waals surface area contributed by atoms with Crippen molar-refractivity contribution in [1.82, 2.24) is 10.4 Å². The lowest BCUT2D eigenvalue weighted by Gasteiger charge is -2.35. The van der Waals surface area contributed by atoms with Gasteiger partial charge in [-0.3, -0.25) is 15.0 Å². The van der Waals surface area contributed by atoms with E-state index in [1.807, 2.05) is 57.2 Å². The van der Waals surface area contributed by atoms with E-state index in [4.69, 9.17) is 4.74 Å². The highest BCUT2D eigenvalue weighted by molar-refractivity contribution is 5.99. The van der Waals surface area contributed by atoms with E-state index in [1.54, 1.807) is 48.5 Å². The van der Waals surface area contributed by atoms with Crippen molar-refractivity contribution in [2.45, 2.75) is 26.3 Å². The van der Waals surface area contributed by atoms with Crippen LogP contribution in [0.25, 0.3) is 0 Å². The summed E-state index contributed by atoms with van der Waals surface area (Å²) in [6.45, 7) is 5.60. The van der Waals surface area contributed by atoms with Crippen LogP contribution in [0.2, 0.25) is 0 Å². The molecule has 1 N–H and O–H groups in total. The Morgan fingerprint density at radius 3 is 1.79 bits per heavy atom. The Bertz CT molecular complexity index is 963. The first kappa shape index (κ1) is 20.1. The minimum Gasteiger partial charge on any atom is -0.457 e. The molecule has 0 unspecified atom stereocenters. The molecular weight excluding hydrogens is 364 g/mol. The zero-order valence-electron chi connectivity index (χ0n) is 16.8. The van der Waals surface area contributed by atoms with Gasteiger partial charge in [0.25, 0.3) is 11.8 Å². The fourth-order valence-corrected chi connectivity index (χ4v) is 2.70. The molecule has 29 heavy (non-hydrogen) atoms. The van der Waals surface area contributed by atoms with Crippen LogP contribution in [-0.2, 0) is 0 Å². The summed E-state index contributed by atoms with van der Waals surface area (Å²) >= 11 is 0. The van der Waals surface area contributed by atoms with Crippen molar-refractivity contribution < 1.29 is 14.3 Å². The van der Waals surface area contributed by atoms with Gasteiger partial charge in [-0.05, 0) is 69.3 Å². The second-order valence-electron chi connectivity index (χ2n) is 7.56. The molecule has 0 aliphatic rings. The van der Waals surface area contributed by atoms with E-state index in [0.29, 0.717) is 16.9 Å². The quantitative estimate of drug-likeness (QED) is 0.635. The molecule has 0 aromatic heterocycles. The number of ether oxygens (including phenoxy) is 1. The van der Waals surface area contributed by atoms with Crippen molar-refractivity contribution in [2.24, 2.45) is 0 Å². The number of nitrogens with one attached hydrogen (secondary N) is 1. The number of amides is 2. The van der Waals surface area contributed by atoms with Crippen LogP contribution in [-0.4, -0.2) is 22.4 Å². The van der Waals surface area contributed by atoms with Crippen LogP contribution in [0.3, 0.4) is 0 Å². The molecule has 0 fully saturated rings. The summed E-state index contributed by atoms with van der Waals surface area (Å²) in [5, 5.41) is 1.36. The highest BCUT2D eigenvalue weighted by Gasteiger charge is 2.29. The molecule has 0 aliphatic heterocycles. The summed E-state index contributed by atoms with van der Waals surface area (Å²) < 4.78 is 5.75. The second kappa shape index (κ2) is 8.61. The number of rotatable bonds is 4. The van der Waals surface area contributed by atoms with Crippen LogP contribution in [0.15, 0.2) is 84.9 Å². The van der Waals surface area contributed by atoms with E-state index in [9.17, 15) is 9.59 Å². The van der Waals surface area contributed by atoms with Crippen LogP contribution in [0.1, 0.15) is 41.5 Å². The number of hydrazine groups is 1. The molecule has 0 bridgehead atoms. The minimum atomic E-state index is -0.598. The summed E-state index contributed by atoms with van der Waals surface area (Å²) in [5.41, 5.74) is 3.09. The Balaban J connectivity index is 1.73. The van der Waals surface area contributed by atoms with E-state index in [2.05, 4.69) is 5.43 Å². The Morgan fingerprint density at radius 2 is 1.24 bits per heavy atom. The third-order valence-electron chi connectivity index (χ3n) is 4.20. The van der Waals surface area contributed by atoms with E-state index in [1.165, 1.54) is 5.01 Å². The summed E-state index contributed by atoms with van der Waals surface area (Å²) in [7, 11) is 0. The minimum absolute atomic E-state index is 0.268. The standard InChI is InChI=1S/C24H24N2O3/c1-24(2,3)26(23(28)19-10-6-4-7-11-19)25-22(27)18-14-16-21(17-15-18)29-20-12-8-5-9-13-20/h4-17H,1-3H3,(H,25,27). The fourth-order valence-electron chi connectivity index (χ4n) is 2.70. The maximum Gasteiger partial charge on any atom is 0.272 e. The van der Waals surface area contributed by atoms with Gasteiger partial charge < -0.3 is 4.74 Å². The van der Waals surface area contributed by atoms with Gasteiger partial charge in [-0.2, -0.15) is 0 Å². The molecule has 5 nitrogen and oxygen atoms in total. The number of carbonyl (C=O) groups excluding carboxylic acids is 2. The van der Waals surface area contributed by atoms with E-state index < -0.39 is 5.54 Å². The van der Waals surface area contributed by atoms with Gasteiger partial charge in [0.15, 0.2) is 0 Å². The molecule has 0 saturated heterocycles. The van der Waals surface area contributed by atoms with Gasteiger partial charge in [-0.25, -0.2) is 5.01 Å². The second-order valence-corrected chi connectivity index (χ2v) is 7.56. The normalized spacial score (nSPS) is 10.9. The SMILES string of the molecule is CC(C)(C)N(NC(=O)c1ccc(Oc2ccccc2)cc1)C(=O)c1ccccc1. The van der Waals surface area contributed by atoms with Gasteiger partial charge in [0.2, 0.25) is 0 Å². The number of hydrogen-bond acceptors (Lipinski definition) is 3. The fraction of sp³-hybridized carbons (Fsp3) is 0.167. The van der Waals surface area contributed by atoms with Crippen molar-refractivity contribution in [2.75, 3.05) is 0 Å². The lowest BCUT2D eigenvalue weighted by molar-refractivity contribution is 0.0358. The average molecular weight is 388 g/mol. The third-order valence-corrected chi connectivity index (χ3v) is 4.20. The van der Waals surface area contributed by atoms with Gasteiger partial charge in [-0.1, -0.05) is 36.4 Å². The van der Waals surface area contributed by atoms with Crippen LogP contribution >= 0.6 is 0 Å². The first-order valence-electron chi connectivity index (χ1n) is 9.38. The van der Waals surface area contributed by atoms with Gasteiger partial charge in [-0.15, -0.1) is 0 Å². The molecule has 0 radical (unpaired) electrons. The highest BCUT2D eigenvalue weighted by atomic mass is 16.5. The maximum atomic E-state index is 12.9. The average Bonchev–Trinajstić information content (AvgIpc) is 2.72. The molecule has 5 heteroatoms. The van der Waals surface area contributed by atoms with E-state index >= 15 is 0 Å². The summed E-state index contributed by atoms with van der Waals surface area (Å²) in [5.74, 6) is 0.712. The first-order chi connectivity index (χ1) is 13.8. The molecule has 3 aromatic rings. The molecule has 0 heterocycles. The molecular formula is C24H24N2O3. The predicted octanol–water partition coefficient (Wildman–Crippen LogP) is 5.06. The Morgan fingerprint density at radius 1 is 0.724 bits per heavy atom. The third kappa shape index (κ3) is 5.23. The Kier molecular flexibility index (Phi) is 5.98. The van der Waals surface area contributed by atoms with Crippen LogP contribution in [0.5, 0.6) is 11.5 Å². The molecule has 2 amide bonds. The Hall–Kier alpha value is -3.60. The van der Waals surface area contributed by atoms with Gasteiger partial charge >= 0.3 is 0 Å². The molecule has 3 aromatic carbocycles. The van der Waals surface area contributed by atoms with Gasteiger partial charge in [0, 0.05) is 11.1 Å². The number of carbonyl (C=O) groups is 2. The lowest BCUT2D eigenvalue weighted by Crippen LogP contribution is -2.55. The summed E-state index contributed by atoms with van der Waals surface area (Å²) in [6.07, 6.45) is 0. The van der Waals surface area contributed by atoms with Crippen LogP contribution < -0.4 is 10.2 Å². The maximum absolute atomic E-state index is 12.9. The van der Waals surface area contributed by atoms with E-state index in [0.717, 1.165) is 5.75 Å². The number of hydrogen-bond donors (Lipinski definition) is 1. The largest absolute Gasteiger partial charge is 0.457 e. The monoisotopic (exact) mass is 388 g/mol. The van der Waals surface area contributed by atoms with Gasteiger partial charge in [0.1, 0.15) is 11.5 Å². The van der Waals surface area contributed by atoms with Crippen molar-refractivity contribution in [3.05, 3.63) is 96.1 Å². The molecule has 3 rings (SSSR count). The molecule has 0 aliphatic carbocycles. The molecule has 0 spiro atoms. The number of benzene rings is 3. The summed E-state index contributed by atoms with van der Waals surface area (Å²) in [4.78, 5) is 25.7. The smallest absolute Gasteiger partial charge is 0.272 e. The van der Waals surface area contributed by atoms with Gasteiger partial charge in [0.05, 0.1) is 5.54 Å². The molecule has 0 atom stereocenters. The van der Waals surface area contributed by atoms with Crippen molar-refractivity contribution in [3.8, 4) is 11.5 Å². The van der Waals surface area contributed by atoms with Crippen LogP contribution in [0.4, 0.5) is 0 Å². The van der Waals surface area contributed by atoms with Crippen molar-refractivity contribution >= 4 is 11.8 Å². The lowest BCUT2D eigenvalue weighted by atomic mass is 10.1. The van der Waals surface area contributed by atoms with Crippen LogP contribution in [0, 0.1) is 0 Å². The topological polar surface area (TPSA) is 58.6 Å². The highest BCUT2D eigenvalue weighted by Crippen LogP contribution is 2.21. The summed E-state index contributed by atoms with van der Waals surface area (Å²) in [6, 6.07) is 25.1. The molecule has 148 valence electrons. The predicted molar refractivity (Wildman–Crippen MR) is 113 cm³/mol. The van der Waals surface area contributed by atoms with Crippen molar-refractivity contribution in [3.63, 3.8) is 0 Å².